The van der Waals surface area contributed by atoms with Gasteiger partial charge in [-0.2, -0.15) is 0 Å². The summed E-state index contributed by atoms with van der Waals surface area (Å²) in [6, 6.07) is 8.33. The summed E-state index contributed by atoms with van der Waals surface area (Å²) in [5.41, 5.74) is 1.17. The third kappa shape index (κ3) is 5.45. The van der Waals surface area contributed by atoms with Crippen molar-refractivity contribution in [1.82, 2.24) is 5.32 Å². The number of rotatable bonds is 6. The van der Waals surface area contributed by atoms with Crippen molar-refractivity contribution in [2.75, 3.05) is 6.26 Å². The fraction of sp³-hybridized carbons (Fsp3) is 0.700. The van der Waals surface area contributed by atoms with E-state index in [1.165, 1.54) is 31.1 Å². The highest BCUT2D eigenvalue weighted by Crippen LogP contribution is 2.25. The first-order chi connectivity index (χ1) is 12.0. The monoisotopic (exact) mass is 365 g/mol. The minimum atomic E-state index is -2.99. The Morgan fingerprint density at radius 1 is 0.960 bits per heavy atom. The summed E-state index contributed by atoms with van der Waals surface area (Å²) < 4.78 is 30.0. The minimum absolute atomic E-state index is 0.0712. The van der Waals surface area contributed by atoms with Gasteiger partial charge < -0.3 is 10.1 Å². The Morgan fingerprint density at radius 2 is 1.60 bits per heavy atom. The number of sulfone groups is 1. The lowest BCUT2D eigenvalue weighted by Gasteiger charge is -2.31. The molecule has 0 aromatic heterocycles. The molecule has 0 saturated heterocycles. The molecule has 0 spiro atoms. The van der Waals surface area contributed by atoms with Crippen molar-refractivity contribution in [3.63, 3.8) is 0 Å². The zero-order chi connectivity index (χ0) is 17.7. The van der Waals surface area contributed by atoms with Gasteiger partial charge in [0.25, 0.3) is 0 Å². The standard InChI is InChI=1S/C20H31NO3S/c1-25(22,23)20-10-6-5-9-19(20)21-15-16-11-13-18(14-12-16)24-17-7-3-2-4-8-17/h11-14,17,19-21H,2-10,15H2,1H3. The van der Waals surface area contributed by atoms with Crippen molar-refractivity contribution in [3.05, 3.63) is 29.8 Å². The van der Waals surface area contributed by atoms with E-state index in [4.69, 9.17) is 4.74 Å². The largest absolute Gasteiger partial charge is 0.490 e. The second kappa shape index (κ2) is 8.54. The molecule has 3 rings (SSSR count). The summed E-state index contributed by atoms with van der Waals surface area (Å²) in [5, 5.41) is 3.23. The molecular formula is C20H31NO3S. The molecule has 140 valence electrons. The van der Waals surface area contributed by atoms with E-state index in [9.17, 15) is 8.42 Å². The highest BCUT2D eigenvalue weighted by molar-refractivity contribution is 7.91. The van der Waals surface area contributed by atoms with E-state index in [0.717, 1.165) is 44.3 Å². The van der Waals surface area contributed by atoms with Gasteiger partial charge in [0, 0.05) is 18.8 Å². The Kier molecular flexibility index (Phi) is 6.39. The van der Waals surface area contributed by atoms with E-state index in [2.05, 4.69) is 17.4 Å². The van der Waals surface area contributed by atoms with E-state index in [-0.39, 0.29) is 11.3 Å². The van der Waals surface area contributed by atoms with E-state index in [0.29, 0.717) is 12.6 Å². The maximum Gasteiger partial charge on any atom is 0.151 e. The topological polar surface area (TPSA) is 55.4 Å². The molecule has 0 bridgehead atoms. The smallest absolute Gasteiger partial charge is 0.151 e. The zero-order valence-electron chi connectivity index (χ0n) is 15.2. The first-order valence-electron chi connectivity index (χ1n) is 9.70. The summed E-state index contributed by atoms with van der Waals surface area (Å²) in [6.45, 7) is 0.709. The van der Waals surface area contributed by atoms with Crippen molar-refractivity contribution < 1.29 is 13.2 Å². The SMILES string of the molecule is CS(=O)(=O)C1CCCCC1NCc1ccc(OC2CCCCC2)cc1. The van der Waals surface area contributed by atoms with Crippen LogP contribution in [-0.2, 0) is 16.4 Å². The average Bonchev–Trinajstić information content (AvgIpc) is 2.61. The van der Waals surface area contributed by atoms with Gasteiger partial charge >= 0.3 is 0 Å². The molecule has 1 aromatic carbocycles. The van der Waals surface area contributed by atoms with Crippen LogP contribution < -0.4 is 10.1 Å². The molecule has 2 atom stereocenters. The highest BCUT2D eigenvalue weighted by atomic mass is 32.2. The zero-order valence-corrected chi connectivity index (χ0v) is 16.1. The van der Waals surface area contributed by atoms with Crippen molar-refractivity contribution in [2.24, 2.45) is 0 Å². The summed E-state index contributed by atoms with van der Waals surface area (Å²) in [6.07, 6.45) is 11.8. The maximum atomic E-state index is 12.0. The second-order valence-electron chi connectivity index (χ2n) is 7.66. The fourth-order valence-corrected chi connectivity index (χ4v) is 5.58. The molecule has 2 fully saturated rings. The van der Waals surface area contributed by atoms with E-state index in [1.807, 2.05) is 12.1 Å². The molecule has 2 aliphatic carbocycles. The Balaban J connectivity index is 1.52. The van der Waals surface area contributed by atoms with Gasteiger partial charge in [0.1, 0.15) is 5.75 Å². The fourth-order valence-electron chi connectivity index (χ4n) is 4.15. The molecule has 0 aliphatic heterocycles. The lowest BCUT2D eigenvalue weighted by molar-refractivity contribution is 0.155. The molecule has 0 radical (unpaired) electrons. The molecule has 4 nitrogen and oxygen atoms in total. The van der Waals surface area contributed by atoms with Crippen molar-refractivity contribution in [2.45, 2.75) is 81.7 Å². The van der Waals surface area contributed by atoms with Crippen LogP contribution in [0.4, 0.5) is 0 Å². The van der Waals surface area contributed by atoms with Gasteiger partial charge in [0.05, 0.1) is 11.4 Å². The quantitative estimate of drug-likeness (QED) is 0.832. The molecule has 1 N–H and O–H groups in total. The predicted molar refractivity (Wildman–Crippen MR) is 102 cm³/mol. The number of hydrogen-bond donors (Lipinski definition) is 1. The number of benzene rings is 1. The first-order valence-corrected chi connectivity index (χ1v) is 11.7. The normalized spacial score (nSPS) is 25.6. The average molecular weight is 366 g/mol. The lowest BCUT2D eigenvalue weighted by atomic mass is 9.94. The van der Waals surface area contributed by atoms with Crippen LogP contribution in [-0.4, -0.2) is 32.1 Å². The van der Waals surface area contributed by atoms with Crippen LogP contribution in [0, 0.1) is 0 Å². The molecule has 0 heterocycles. The first kappa shape index (κ1) is 18.7. The van der Waals surface area contributed by atoms with Crippen molar-refractivity contribution >= 4 is 9.84 Å². The number of nitrogens with one attached hydrogen (secondary N) is 1. The van der Waals surface area contributed by atoms with Crippen LogP contribution in [0.1, 0.15) is 63.4 Å². The van der Waals surface area contributed by atoms with Gasteiger partial charge in [-0.3, -0.25) is 0 Å². The lowest BCUT2D eigenvalue weighted by Crippen LogP contribution is -2.45. The Hall–Kier alpha value is -1.07. The molecule has 2 saturated carbocycles. The van der Waals surface area contributed by atoms with E-state index >= 15 is 0 Å². The maximum absolute atomic E-state index is 12.0. The van der Waals surface area contributed by atoms with Crippen LogP contribution in [0.25, 0.3) is 0 Å². The summed E-state index contributed by atoms with van der Waals surface area (Å²) >= 11 is 0. The molecular weight excluding hydrogens is 334 g/mol. The van der Waals surface area contributed by atoms with Gasteiger partial charge in [-0.05, 0) is 56.2 Å². The third-order valence-electron chi connectivity index (χ3n) is 5.60. The summed E-state index contributed by atoms with van der Waals surface area (Å²) in [7, 11) is -2.99. The molecule has 2 unspecified atom stereocenters. The Morgan fingerprint density at radius 3 is 2.28 bits per heavy atom. The predicted octanol–water partition coefficient (Wildman–Crippen LogP) is 3.84. The molecule has 5 heteroatoms. The third-order valence-corrected chi connectivity index (χ3v) is 7.26. The van der Waals surface area contributed by atoms with Crippen molar-refractivity contribution in [3.8, 4) is 5.75 Å². The summed E-state index contributed by atoms with van der Waals surface area (Å²) in [4.78, 5) is 0. The Bertz CT molecular complexity index is 635. The van der Waals surface area contributed by atoms with E-state index in [1.54, 1.807) is 0 Å². The van der Waals surface area contributed by atoms with Gasteiger partial charge in [-0.1, -0.05) is 31.4 Å². The second-order valence-corrected chi connectivity index (χ2v) is 9.93. The molecule has 1 aromatic rings. The number of ether oxygens (including phenoxy) is 1. The van der Waals surface area contributed by atoms with Crippen LogP contribution >= 0.6 is 0 Å². The highest BCUT2D eigenvalue weighted by Gasteiger charge is 2.32. The molecule has 2 aliphatic rings. The number of hydrogen-bond acceptors (Lipinski definition) is 4. The molecule has 0 amide bonds. The summed E-state index contributed by atoms with van der Waals surface area (Å²) in [5.74, 6) is 0.947. The van der Waals surface area contributed by atoms with Crippen LogP contribution in [0.2, 0.25) is 0 Å². The van der Waals surface area contributed by atoms with Gasteiger partial charge in [-0.15, -0.1) is 0 Å². The van der Waals surface area contributed by atoms with E-state index < -0.39 is 9.84 Å². The van der Waals surface area contributed by atoms with Crippen LogP contribution in [0.3, 0.4) is 0 Å². The van der Waals surface area contributed by atoms with Crippen LogP contribution in [0.5, 0.6) is 5.75 Å². The minimum Gasteiger partial charge on any atom is -0.490 e. The molecule has 25 heavy (non-hydrogen) atoms. The van der Waals surface area contributed by atoms with Gasteiger partial charge in [0.2, 0.25) is 0 Å². The Labute approximate surface area is 152 Å². The van der Waals surface area contributed by atoms with Crippen LogP contribution in [0.15, 0.2) is 24.3 Å². The van der Waals surface area contributed by atoms with Gasteiger partial charge in [0.15, 0.2) is 9.84 Å². The van der Waals surface area contributed by atoms with Gasteiger partial charge in [-0.25, -0.2) is 8.42 Å². The van der Waals surface area contributed by atoms with Crippen molar-refractivity contribution in [1.29, 1.82) is 0 Å².